The molecule has 19 heavy (non-hydrogen) atoms. The topological polar surface area (TPSA) is 32.3 Å². The molecular weight excluding hydrogens is 311 g/mol. The lowest BCUT2D eigenvalue weighted by Crippen LogP contribution is -2.46. The van der Waals surface area contributed by atoms with Crippen LogP contribution >= 0.6 is 15.9 Å². The Hall–Kier alpha value is -0.940. The zero-order valence-electron chi connectivity index (χ0n) is 11.1. The van der Waals surface area contributed by atoms with Gasteiger partial charge in [-0.2, -0.15) is 0 Å². The van der Waals surface area contributed by atoms with Gasteiger partial charge in [-0.25, -0.2) is 4.39 Å². The summed E-state index contributed by atoms with van der Waals surface area (Å²) in [5.74, 6) is -0.822. The third-order valence-corrected chi connectivity index (χ3v) is 4.13. The fraction of sp³-hybridized carbons (Fsp3) is 0.500. The van der Waals surface area contributed by atoms with Crippen molar-refractivity contribution >= 4 is 21.8 Å². The number of amides is 1. The van der Waals surface area contributed by atoms with Gasteiger partial charge in [0.25, 0.3) is 5.91 Å². The third kappa shape index (κ3) is 3.34. The number of hydrogen-bond acceptors (Lipinski definition) is 2. The summed E-state index contributed by atoms with van der Waals surface area (Å²) in [5.41, 5.74) is 0.0961. The summed E-state index contributed by atoms with van der Waals surface area (Å²) in [4.78, 5) is 14.3. The van der Waals surface area contributed by atoms with E-state index >= 15 is 0 Å². The molecule has 1 N–H and O–H groups in total. The molecule has 104 valence electrons. The Morgan fingerprint density at radius 3 is 2.84 bits per heavy atom. The molecule has 0 spiro atoms. The van der Waals surface area contributed by atoms with E-state index in [1.54, 1.807) is 6.07 Å². The van der Waals surface area contributed by atoms with Crippen molar-refractivity contribution < 1.29 is 9.18 Å². The minimum absolute atomic E-state index is 0.0961. The first-order valence-electron chi connectivity index (χ1n) is 6.41. The van der Waals surface area contributed by atoms with Gasteiger partial charge in [-0.3, -0.25) is 4.79 Å². The van der Waals surface area contributed by atoms with E-state index in [1.165, 1.54) is 12.1 Å². The molecule has 0 aromatic heterocycles. The number of nitrogens with one attached hydrogen (secondary N) is 1. The first-order chi connectivity index (χ1) is 8.99. The monoisotopic (exact) mass is 328 g/mol. The molecule has 1 saturated carbocycles. The highest BCUT2D eigenvalue weighted by molar-refractivity contribution is 9.10. The largest absolute Gasteiger partial charge is 0.348 e. The second-order valence-corrected chi connectivity index (χ2v) is 6.08. The van der Waals surface area contributed by atoms with Crippen molar-refractivity contribution in [2.24, 2.45) is 0 Å². The molecule has 0 bridgehead atoms. The second-order valence-electron chi connectivity index (χ2n) is 5.17. The van der Waals surface area contributed by atoms with E-state index in [0.29, 0.717) is 10.5 Å². The van der Waals surface area contributed by atoms with Gasteiger partial charge < -0.3 is 10.2 Å². The Kier molecular flexibility index (Phi) is 4.58. The summed E-state index contributed by atoms with van der Waals surface area (Å²) in [6.07, 6.45) is 3.11. The van der Waals surface area contributed by atoms with Crippen LogP contribution in [0.1, 0.15) is 29.6 Å². The maximum absolute atomic E-state index is 13.7. The van der Waals surface area contributed by atoms with E-state index in [0.717, 1.165) is 19.3 Å². The minimum Gasteiger partial charge on any atom is -0.348 e. The van der Waals surface area contributed by atoms with Crippen LogP contribution in [0.5, 0.6) is 0 Å². The molecule has 0 heterocycles. The molecule has 1 amide bonds. The smallest absolute Gasteiger partial charge is 0.254 e. The second kappa shape index (κ2) is 6.01. The van der Waals surface area contributed by atoms with Crippen LogP contribution in [0.2, 0.25) is 0 Å². The maximum Gasteiger partial charge on any atom is 0.254 e. The van der Waals surface area contributed by atoms with E-state index < -0.39 is 5.82 Å². The Labute approximate surface area is 121 Å². The molecule has 1 aliphatic carbocycles. The highest BCUT2D eigenvalue weighted by Crippen LogP contribution is 2.23. The maximum atomic E-state index is 13.7. The lowest BCUT2D eigenvalue weighted by atomic mass is 10.1. The number of carbonyl (C=O) groups excluding carboxylic acids is 1. The predicted molar refractivity (Wildman–Crippen MR) is 76.7 cm³/mol. The summed E-state index contributed by atoms with van der Waals surface area (Å²) in [5, 5.41) is 2.95. The van der Waals surface area contributed by atoms with Crippen molar-refractivity contribution in [2.75, 3.05) is 14.1 Å². The molecule has 0 aliphatic heterocycles. The molecule has 1 aliphatic rings. The summed E-state index contributed by atoms with van der Waals surface area (Å²) < 4.78 is 14.4. The highest BCUT2D eigenvalue weighted by Gasteiger charge is 2.30. The number of rotatable bonds is 3. The lowest BCUT2D eigenvalue weighted by Gasteiger charge is -2.27. The van der Waals surface area contributed by atoms with Gasteiger partial charge >= 0.3 is 0 Å². The van der Waals surface area contributed by atoms with E-state index in [2.05, 4.69) is 26.1 Å². The molecule has 3 nitrogen and oxygen atoms in total. The number of benzene rings is 1. The van der Waals surface area contributed by atoms with Gasteiger partial charge in [0.05, 0.1) is 5.56 Å². The highest BCUT2D eigenvalue weighted by atomic mass is 79.9. The first kappa shape index (κ1) is 14.5. The molecule has 0 saturated heterocycles. The number of carbonyl (C=O) groups is 1. The molecule has 1 aromatic rings. The van der Waals surface area contributed by atoms with Crippen LogP contribution in [0.15, 0.2) is 22.7 Å². The van der Waals surface area contributed by atoms with Crippen LogP contribution in [0.25, 0.3) is 0 Å². The lowest BCUT2D eigenvalue weighted by molar-refractivity contribution is 0.0915. The van der Waals surface area contributed by atoms with Crippen molar-refractivity contribution in [2.45, 2.75) is 31.3 Å². The van der Waals surface area contributed by atoms with Gasteiger partial charge in [0.2, 0.25) is 0 Å². The SMILES string of the molecule is CN(C)[C@@H]1CCC[C@@H]1NC(=O)c1cc(Br)ccc1F. The molecule has 0 unspecified atom stereocenters. The zero-order valence-corrected chi connectivity index (χ0v) is 12.7. The van der Waals surface area contributed by atoms with Crippen molar-refractivity contribution in [3.63, 3.8) is 0 Å². The Balaban J connectivity index is 2.10. The standard InChI is InChI=1S/C14H18BrFN2O/c1-18(2)13-5-3-4-12(13)17-14(19)10-8-9(15)6-7-11(10)16/h6-8,12-13H,3-5H2,1-2H3,(H,17,19)/t12-,13+/m0/s1. The molecular formula is C14H18BrFN2O. The van der Waals surface area contributed by atoms with E-state index in [-0.39, 0.29) is 17.5 Å². The van der Waals surface area contributed by atoms with E-state index in [4.69, 9.17) is 0 Å². The van der Waals surface area contributed by atoms with Crippen molar-refractivity contribution in [1.29, 1.82) is 0 Å². The fourth-order valence-electron chi connectivity index (χ4n) is 2.64. The summed E-state index contributed by atoms with van der Waals surface area (Å²) in [6.45, 7) is 0. The number of likely N-dealkylation sites (N-methyl/N-ethyl adjacent to an activating group) is 1. The average molecular weight is 329 g/mol. The number of hydrogen-bond donors (Lipinski definition) is 1. The Morgan fingerprint density at radius 1 is 1.42 bits per heavy atom. The van der Waals surface area contributed by atoms with Gasteiger partial charge in [0.15, 0.2) is 0 Å². The summed E-state index contributed by atoms with van der Waals surface area (Å²) in [7, 11) is 4.02. The minimum atomic E-state index is -0.486. The van der Waals surface area contributed by atoms with Gasteiger partial charge in [-0.1, -0.05) is 15.9 Å². The van der Waals surface area contributed by atoms with Crippen LogP contribution in [-0.4, -0.2) is 37.0 Å². The van der Waals surface area contributed by atoms with E-state index in [1.807, 2.05) is 14.1 Å². The van der Waals surface area contributed by atoms with Gasteiger partial charge in [0, 0.05) is 16.6 Å². The van der Waals surface area contributed by atoms with Crippen LogP contribution in [0, 0.1) is 5.82 Å². The van der Waals surface area contributed by atoms with Gasteiger partial charge in [-0.15, -0.1) is 0 Å². The first-order valence-corrected chi connectivity index (χ1v) is 7.20. The average Bonchev–Trinajstić information content (AvgIpc) is 2.80. The van der Waals surface area contributed by atoms with Crippen LogP contribution in [-0.2, 0) is 0 Å². The molecule has 2 rings (SSSR count). The molecule has 2 atom stereocenters. The molecule has 1 aromatic carbocycles. The van der Waals surface area contributed by atoms with Crippen LogP contribution < -0.4 is 5.32 Å². The van der Waals surface area contributed by atoms with Crippen LogP contribution in [0.3, 0.4) is 0 Å². The third-order valence-electron chi connectivity index (χ3n) is 3.63. The Morgan fingerprint density at radius 2 is 2.16 bits per heavy atom. The fourth-order valence-corrected chi connectivity index (χ4v) is 3.01. The predicted octanol–water partition coefficient (Wildman–Crippen LogP) is 2.80. The summed E-state index contributed by atoms with van der Waals surface area (Å²) in [6, 6.07) is 4.84. The normalized spacial score (nSPS) is 22.8. The van der Waals surface area contributed by atoms with Crippen molar-refractivity contribution in [1.82, 2.24) is 10.2 Å². The molecule has 0 radical (unpaired) electrons. The zero-order chi connectivity index (χ0) is 14.0. The number of halogens is 2. The summed E-state index contributed by atoms with van der Waals surface area (Å²) >= 11 is 3.26. The Bertz CT molecular complexity index is 479. The quantitative estimate of drug-likeness (QED) is 0.925. The van der Waals surface area contributed by atoms with Crippen LogP contribution in [0.4, 0.5) is 4.39 Å². The molecule has 5 heteroatoms. The van der Waals surface area contributed by atoms with Crippen molar-refractivity contribution in [3.05, 3.63) is 34.1 Å². The van der Waals surface area contributed by atoms with Gasteiger partial charge in [-0.05, 0) is 51.6 Å². The van der Waals surface area contributed by atoms with Gasteiger partial charge in [0.1, 0.15) is 5.82 Å². The molecule has 1 fully saturated rings. The van der Waals surface area contributed by atoms with Crippen molar-refractivity contribution in [3.8, 4) is 0 Å². The van der Waals surface area contributed by atoms with E-state index in [9.17, 15) is 9.18 Å². The number of nitrogens with zero attached hydrogens (tertiary/aromatic N) is 1.